The van der Waals surface area contributed by atoms with Gasteiger partial charge in [-0.2, -0.15) is 9.97 Å². The van der Waals surface area contributed by atoms with Gasteiger partial charge in [0.25, 0.3) is 0 Å². The standard InChI is InChI=1S/C11H12ClN5O/c12-9-8-10(16-11(13)15-9)17(5-14-8)7-2-1-6(3-7)4-18/h1-2,5-7,18H,3-4H2,(H2,13,15,16)/t6-,7?/m0/s1. The molecule has 0 bridgehead atoms. The second-order valence-electron chi connectivity index (χ2n) is 4.33. The van der Waals surface area contributed by atoms with Crippen molar-refractivity contribution in [3.8, 4) is 0 Å². The highest BCUT2D eigenvalue weighted by Crippen LogP contribution is 2.30. The Kier molecular flexibility index (Phi) is 2.68. The lowest BCUT2D eigenvalue weighted by Gasteiger charge is -2.12. The van der Waals surface area contributed by atoms with E-state index in [1.165, 1.54) is 0 Å². The van der Waals surface area contributed by atoms with Gasteiger partial charge in [-0.05, 0) is 6.42 Å². The molecule has 2 atom stereocenters. The Bertz CT molecular complexity index is 623. The number of hydrogen-bond donors (Lipinski definition) is 2. The minimum Gasteiger partial charge on any atom is -0.396 e. The van der Waals surface area contributed by atoms with Gasteiger partial charge >= 0.3 is 0 Å². The molecular formula is C11H12ClN5O. The maximum absolute atomic E-state index is 9.14. The zero-order valence-corrected chi connectivity index (χ0v) is 10.2. The molecule has 6 nitrogen and oxygen atoms in total. The normalized spacial score (nSPS) is 23.0. The van der Waals surface area contributed by atoms with Crippen LogP contribution in [0.2, 0.25) is 5.15 Å². The van der Waals surface area contributed by atoms with Crippen molar-refractivity contribution in [2.75, 3.05) is 12.3 Å². The number of aliphatic hydroxyl groups is 1. The number of anilines is 1. The third kappa shape index (κ3) is 1.74. The molecule has 0 aliphatic heterocycles. The molecule has 0 aromatic carbocycles. The summed E-state index contributed by atoms with van der Waals surface area (Å²) >= 11 is 5.97. The quantitative estimate of drug-likeness (QED) is 0.628. The minimum absolute atomic E-state index is 0.123. The molecule has 94 valence electrons. The van der Waals surface area contributed by atoms with E-state index in [0.29, 0.717) is 11.2 Å². The van der Waals surface area contributed by atoms with Gasteiger partial charge in [0.1, 0.15) is 5.52 Å². The van der Waals surface area contributed by atoms with Gasteiger partial charge in [0.05, 0.1) is 12.4 Å². The van der Waals surface area contributed by atoms with E-state index in [-0.39, 0.29) is 29.7 Å². The Labute approximate surface area is 108 Å². The molecule has 2 aromatic rings. The molecule has 1 aliphatic carbocycles. The first kappa shape index (κ1) is 11.4. The largest absolute Gasteiger partial charge is 0.396 e. The smallest absolute Gasteiger partial charge is 0.223 e. The number of fused-ring (bicyclic) bond motifs is 1. The number of aliphatic hydroxyl groups excluding tert-OH is 1. The van der Waals surface area contributed by atoms with E-state index in [2.05, 4.69) is 15.0 Å². The minimum atomic E-state index is 0.123. The molecule has 7 heteroatoms. The van der Waals surface area contributed by atoms with Gasteiger partial charge in [0.15, 0.2) is 10.8 Å². The van der Waals surface area contributed by atoms with Gasteiger partial charge in [-0.1, -0.05) is 23.8 Å². The van der Waals surface area contributed by atoms with Crippen molar-refractivity contribution in [1.82, 2.24) is 19.5 Å². The van der Waals surface area contributed by atoms with Crippen LogP contribution in [0.5, 0.6) is 0 Å². The lowest BCUT2D eigenvalue weighted by atomic mass is 10.1. The van der Waals surface area contributed by atoms with Crippen LogP contribution in [0, 0.1) is 5.92 Å². The Hall–Kier alpha value is -1.66. The second kappa shape index (κ2) is 4.22. The fourth-order valence-corrected chi connectivity index (χ4v) is 2.45. The number of aromatic nitrogens is 4. The summed E-state index contributed by atoms with van der Waals surface area (Å²) in [6.07, 6.45) is 6.54. The first-order valence-electron chi connectivity index (χ1n) is 5.63. The number of nitrogens with zero attached hydrogens (tertiary/aromatic N) is 4. The van der Waals surface area contributed by atoms with Gasteiger partial charge < -0.3 is 15.4 Å². The summed E-state index contributed by atoms with van der Waals surface area (Å²) in [5.74, 6) is 0.317. The van der Waals surface area contributed by atoms with Gasteiger partial charge in [-0.15, -0.1) is 0 Å². The summed E-state index contributed by atoms with van der Waals surface area (Å²) in [5, 5.41) is 9.40. The van der Waals surface area contributed by atoms with Crippen LogP contribution >= 0.6 is 11.6 Å². The van der Waals surface area contributed by atoms with E-state index in [1.54, 1.807) is 6.33 Å². The van der Waals surface area contributed by atoms with Crippen molar-refractivity contribution in [2.45, 2.75) is 12.5 Å². The van der Waals surface area contributed by atoms with Crippen LogP contribution in [0.1, 0.15) is 12.5 Å². The zero-order valence-electron chi connectivity index (χ0n) is 9.49. The number of halogens is 1. The monoisotopic (exact) mass is 265 g/mol. The van der Waals surface area contributed by atoms with E-state index in [0.717, 1.165) is 6.42 Å². The molecule has 0 radical (unpaired) electrons. The van der Waals surface area contributed by atoms with Crippen molar-refractivity contribution in [3.05, 3.63) is 23.6 Å². The van der Waals surface area contributed by atoms with Crippen LogP contribution in [0.4, 0.5) is 5.95 Å². The second-order valence-corrected chi connectivity index (χ2v) is 4.69. The highest BCUT2D eigenvalue weighted by atomic mass is 35.5. The van der Waals surface area contributed by atoms with E-state index in [4.69, 9.17) is 22.4 Å². The molecule has 3 N–H and O–H groups in total. The third-order valence-electron chi connectivity index (χ3n) is 3.14. The van der Waals surface area contributed by atoms with Crippen molar-refractivity contribution in [3.63, 3.8) is 0 Å². The van der Waals surface area contributed by atoms with Gasteiger partial charge in [0.2, 0.25) is 5.95 Å². The predicted molar refractivity (Wildman–Crippen MR) is 68.1 cm³/mol. The van der Waals surface area contributed by atoms with Crippen LogP contribution in [-0.4, -0.2) is 31.2 Å². The lowest BCUT2D eigenvalue weighted by Crippen LogP contribution is -2.08. The average Bonchev–Trinajstić information content (AvgIpc) is 2.93. The maximum Gasteiger partial charge on any atom is 0.223 e. The molecule has 0 saturated heterocycles. The maximum atomic E-state index is 9.14. The first-order valence-corrected chi connectivity index (χ1v) is 6.01. The van der Waals surface area contributed by atoms with Crippen LogP contribution in [0.15, 0.2) is 18.5 Å². The molecule has 2 heterocycles. The molecule has 0 fully saturated rings. The summed E-state index contributed by atoms with van der Waals surface area (Å²) in [6, 6.07) is 0.123. The Balaban J connectivity index is 2.06. The topological polar surface area (TPSA) is 89.8 Å². The number of rotatable bonds is 2. The number of hydrogen-bond acceptors (Lipinski definition) is 5. The Morgan fingerprint density at radius 3 is 3.00 bits per heavy atom. The SMILES string of the molecule is Nc1nc(Cl)c2ncn(C3C=C[C@H](CO)C3)c2n1. The summed E-state index contributed by atoms with van der Waals surface area (Å²) in [5.41, 5.74) is 6.77. The number of allylic oxidation sites excluding steroid dienone is 1. The molecule has 0 saturated carbocycles. The average molecular weight is 266 g/mol. The molecular weight excluding hydrogens is 254 g/mol. The Morgan fingerprint density at radius 2 is 2.28 bits per heavy atom. The van der Waals surface area contributed by atoms with Gasteiger partial charge in [-0.25, -0.2) is 4.98 Å². The summed E-state index contributed by atoms with van der Waals surface area (Å²) in [6.45, 7) is 0.150. The number of nitrogen functional groups attached to an aromatic ring is 1. The fraction of sp³-hybridized carbons (Fsp3) is 0.364. The van der Waals surface area contributed by atoms with E-state index < -0.39 is 0 Å². The number of nitrogens with two attached hydrogens (primary N) is 1. The summed E-state index contributed by atoms with van der Waals surface area (Å²) in [4.78, 5) is 12.3. The van der Waals surface area contributed by atoms with Crippen molar-refractivity contribution in [2.24, 2.45) is 5.92 Å². The van der Waals surface area contributed by atoms with Crippen molar-refractivity contribution >= 4 is 28.7 Å². The van der Waals surface area contributed by atoms with E-state index in [1.807, 2.05) is 16.7 Å². The highest BCUT2D eigenvalue weighted by molar-refractivity contribution is 6.33. The zero-order chi connectivity index (χ0) is 12.7. The van der Waals surface area contributed by atoms with E-state index in [9.17, 15) is 0 Å². The molecule has 0 amide bonds. The van der Waals surface area contributed by atoms with Crippen molar-refractivity contribution in [1.29, 1.82) is 0 Å². The molecule has 18 heavy (non-hydrogen) atoms. The molecule has 1 aliphatic rings. The van der Waals surface area contributed by atoms with E-state index >= 15 is 0 Å². The van der Waals surface area contributed by atoms with Crippen LogP contribution in [-0.2, 0) is 0 Å². The fourth-order valence-electron chi connectivity index (χ4n) is 2.23. The molecule has 2 aromatic heterocycles. The lowest BCUT2D eigenvalue weighted by molar-refractivity contribution is 0.244. The summed E-state index contributed by atoms with van der Waals surface area (Å²) < 4.78 is 1.91. The summed E-state index contributed by atoms with van der Waals surface area (Å²) in [7, 11) is 0. The van der Waals surface area contributed by atoms with Gasteiger partial charge in [0, 0.05) is 12.5 Å². The Morgan fingerprint density at radius 1 is 1.44 bits per heavy atom. The molecule has 0 spiro atoms. The predicted octanol–water partition coefficient (Wildman–Crippen LogP) is 1.17. The van der Waals surface area contributed by atoms with Gasteiger partial charge in [-0.3, -0.25) is 0 Å². The first-order chi connectivity index (χ1) is 8.69. The van der Waals surface area contributed by atoms with Crippen molar-refractivity contribution < 1.29 is 5.11 Å². The van der Waals surface area contributed by atoms with Crippen LogP contribution in [0.3, 0.4) is 0 Å². The molecule has 1 unspecified atom stereocenters. The number of imidazole rings is 1. The highest BCUT2D eigenvalue weighted by Gasteiger charge is 2.22. The van der Waals surface area contributed by atoms with Crippen LogP contribution < -0.4 is 5.73 Å². The van der Waals surface area contributed by atoms with Crippen LogP contribution in [0.25, 0.3) is 11.2 Å². The third-order valence-corrected chi connectivity index (χ3v) is 3.40. The molecule has 3 rings (SSSR count).